The first-order valence-electron chi connectivity index (χ1n) is 8.82. The number of alkyl carbamates (subject to hydrolysis) is 1. The van der Waals surface area contributed by atoms with Crippen molar-refractivity contribution in [1.82, 2.24) is 10.2 Å². The summed E-state index contributed by atoms with van der Waals surface area (Å²) in [5, 5.41) is 21.3. The molecule has 0 spiro atoms. The van der Waals surface area contributed by atoms with Crippen molar-refractivity contribution in [1.29, 1.82) is 0 Å². The van der Waals surface area contributed by atoms with Gasteiger partial charge in [0.25, 0.3) is 5.91 Å². The molecule has 0 aromatic heterocycles. The lowest BCUT2D eigenvalue weighted by Gasteiger charge is -2.34. The third-order valence-corrected chi connectivity index (χ3v) is 4.77. The summed E-state index contributed by atoms with van der Waals surface area (Å²) < 4.78 is 31.3. The van der Waals surface area contributed by atoms with Gasteiger partial charge < -0.3 is 25.0 Å². The molecule has 1 aliphatic rings. The molecular formula is C18H23BF2N2O5. The molecule has 2 atom stereocenters. The molecule has 1 saturated heterocycles. The van der Waals surface area contributed by atoms with Crippen molar-refractivity contribution in [3.05, 3.63) is 48.1 Å². The number of carbonyl (C=O) groups is 2. The van der Waals surface area contributed by atoms with Crippen molar-refractivity contribution < 1.29 is 33.2 Å². The average molecular weight is 396 g/mol. The number of nitrogens with zero attached hydrogens (tertiary/aromatic N) is 1. The van der Waals surface area contributed by atoms with E-state index in [4.69, 9.17) is 4.74 Å². The highest BCUT2D eigenvalue weighted by molar-refractivity contribution is 6.43. The maximum absolute atomic E-state index is 13.2. The van der Waals surface area contributed by atoms with Crippen molar-refractivity contribution >= 4 is 19.1 Å². The van der Waals surface area contributed by atoms with Gasteiger partial charge in [0.05, 0.1) is 11.5 Å². The van der Waals surface area contributed by atoms with E-state index in [0.717, 1.165) is 0 Å². The van der Waals surface area contributed by atoms with Gasteiger partial charge in [-0.3, -0.25) is 4.79 Å². The molecule has 3 N–H and O–H groups in total. The van der Waals surface area contributed by atoms with Crippen molar-refractivity contribution in [2.75, 3.05) is 13.2 Å². The quantitative estimate of drug-likeness (QED) is 0.477. The lowest BCUT2D eigenvalue weighted by Crippen LogP contribution is -2.51. The van der Waals surface area contributed by atoms with Crippen LogP contribution in [0.3, 0.4) is 0 Å². The van der Waals surface area contributed by atoms with Crippen LogP contribution in [0.5, 0.6) is 0 Å². The molecule has 28 heavy (non-hydrogen) atoms. The lowest BCUT2D eigenvalue weighted by molar-refractivity contribution is -0.133. The van der Waals surface area contributed by atoms with Gasteiger partial charge in [0, 0.05) is 6.54 Å². The molecule has 0 aliphatic carbocycles. The van der Waals surface area contributed by atoms with Gasteiger partial charge in [-0.1, -0.05) is 18.7 Å². The van der Waals surface area contributed by atoms with Gasteiger partial charge in [-0.2, -0.15) is 0 Å². The second-order valence-corrected chi connectivity index (χ2v) is 7.03. The number of hydrogen-bond donors (Lipinski definition) is 3. The standard InChI is InChI=1S/C18H23BF2N2O5/c1-12(20)16(24)23-9-3-8-18(23,2)11-28-17(25)22-15(19(26)27)10-13-4-6-14(21)7-5-13/h4-7,15,26-27H,1,3,8-11H2,2H3,(H,22,25). The summed E-state index contributed by atoms with van der Waals surface area (Å²) >= 11 is 0. The van der Waals surface area contributed by atoms with Crippen LogP contribution in [-0.2, 0) is 16.0 Å². The highest BCUT2D eigenvalue weighted by atomic mass is 19.1. The van der Waals surface area contributed by atoms with E-state index in [-0.39, 0.29) is 13.0 Å². The van der Waals surface area contributed by atoms with E-state index in [1.165, 1.54) is 29.2 Å². The first-order valence-corrected chi connectivity index (χ1v) is 8.82. The van der Waals surface area contributed by atoms with Gasteiger partial charge in [-0.25, -0.2) is 13.6 Å². The number of halogens is 2. The van der Waals surface area contributed by atoms with Gasteiger partial charge in [0.1, 0.15) is 12.4 Å². The van der Waals surface area contributed by atoms with Gasteiger partial charge in [-0.15, -0.1) is 0 Å². The predicted molar refractivity (Wildman–Crippen MR) is 98.2 cm³/mol. The maximum atomic E-state index is 13.2. The smallest absolute Gasteiger partial charge is 0.447 e. The molecule has 0 bridgehead atoms. The zero-order chi connectivity index (χ0) is 20.9. The van der Waals surface area contributed by atoms with Crippen LogP contribution in [0.25, 0.3) is 0 Å². The average Bonchev–Trinajstić information content (AvgIpc) is 3.02. The molecule has 7 nitrogen and oxygen atoms in total. The number of carbonyl (C=O) groups excluding carboxylic acids is 2. The number of nitrogens with one attached hydrogen (secondary N) is 1. The number of hydrogen-bond acceptors (Lipinski definition) is 5. The number of benzene rings is 1. The summed E-state index contributed by atoms with van der Waals surface area (Å²) in [5.74, 6) is -3.45. The molecule has 0 saturated carbocycles. The van der Waals surface area contributed by atoms with Crippen LogP contribution in [0.2, 0.25) is 0 Å². The van der Waals surface area contributed by atoms with Crippen molar-refractivity contribution in [2.24, 2.45) is 0 Å². The second kappa shape index (κ2) is 9.16. The minimum Gasteiger partial charge on any atom is -0.447 e. The fraction of sp³-hybridized carbons (Fsp3) is 0.444. The summed E-state index contributed by atoms with van der Waals surface area (Å²) in [6.45, 7) is 4.81. The Kier molecular flexibility index (Phi) is 7.14. The van der Waals surface area contributed by atoms with Crippen molar-refractivity contribution in [3.8, 4) is 0 Å². The molecular weight excluding hydrogens is 373 g/mol. The Bertz CT molecular complexity index is 731. The summed E-state index contributed by atoms with van der Waals surface area (Å²) in [7, 11) is -1.87. The molecule has 2 amide bonds. The van der Waals surface area contributed by atoms with Crippen molar-refractivity contribution in [2.45, 2.75) is 37.7 Å². The van der Waals surface area contributed by atoms with Gasteiger partial charge in [-0.05, 0) is 43.9 Å². The molecule has 1 aromatic carbocycles. The topological polar surface area (TPSA) is 99.1 Å². The Hall–Kier alpha value is -2.46. The van der Waals surface area contributed by atoms with Gasteiger partial charge in [0.15, 0.2) is 5.83 Å². The normalized spacial score (nSPS) is 19.8. The van der Waals surface area contributed by atoms with E-state index >= 15 is 0 Å². The Balaban J connectivity index is 1.94. The zero-order valence-corrected chi connectivity index (χ0v) is 15.5. The third-order valence-electron chi connectivity index (χ3n) is 4.77. The molecule has 10 heteroatoms. The summed E-state index contributed by atoms with van der Waals surface area (Å²) in [4.78, 5) is 25.3. The highest BCUT2D eigenvalue weighted by Gasteiger charge is 2.41. The molecule has 152 valence electrons. The molecule has 2 rings (SSSR count). The fourth-order valence-electron chi connectivity index (χ4n) is 3.19. The minimum absolute atomic E-state index is 0.0383. The number of likely N-dealkylation sites (tertiary alicyclic amines) is 1. The first-order chi connectivity index (χ1) is 13.1. The lowest BCUT2D eigenvalue weighted by atomic mass is 9.76. The maximum Gasteiger partial charge on any atom is 0.475 e. The van der Waals surface area contributed by atoms with E-state index in [2.05, 4.69) is 11.9 Å². The van der Waals surface area contributed by atoms with Gasteiger partial charge >= 0.3 is 13.2 Å². The molecule has 1 aromatic rings. The van der Waals surface area contributed by atoms with Crippen LogP contribution in [0.1, 0.15) is 25.3 Å². The second-order valence-electron chi connectivity index (χ2n) is 7.03. The van der Waals surface area contributed by atoms with E-state index in [1.54, 1.807) is 6.92 Å². The van der Waals surface area contributed by atoms with E-state index in [1.807, 2.05) is 0 Å². The summed E-state index contributed by atoms with van der Waals surface area (Å²) in [6.07, 6.45) is 0.264. The van der Waals surface area contributed by atoms with Crippen LogP contribution in [0.15, 0.2) is 36.7 Å². The van der Waals surface area contributed by atoms with Crippen LogP contribution < -0.4 is 5.32 Å². The molecule has 1 heterocycles. The number of amides is 2. The molecule has 0 radical (unpaired) electrons. The fourth-order valence-corrected chi connectivity index (χ4v) is 3.19. The minimum atomic E-state index is -1.87. The molecule has 1 fully saturated rings. The van der Waals surface area contributed by atoms with E-state index in [9.17, 15) is 28.4 Å². The van der Waals surface area contributed by atoms with Crippen molar-refractivity contribution in [3.63, 3.8) is 0 Å². The van der Waals surface area contributed by atoms with E-state index in [0.29, 0.717) is 24.9 Å². The first kappa shape index (κ1) is 21.8. The van der Waals surface area contributed by atoms with Crippen LogP contribution in [0.4, 0.5) is 13.6 Å². The summed E-state index contributed by atoms with van der Waals surface area (Å²) in [6, 6.07) is 5.37. The van der Waals surface area contributed by atoms with Crippen LogP contribution in [0, 0.1) is 5.82 Å². The Morgan fingerprint density at radius 2 is 2.04 bits per heavy atom. The SMILES string of the molecule is C=C(F)C(=O)N1CCCC1(C)COC(=O)NC(Cc1ccc(F)cc1)B(O)O. The Morgan fingerprint density at radius 3 is 2.61 bits per heavy atom. The molecule has 1 aliphatic heterocycles. The zero-order valence-electron chi connectivity index (χ0n) is 15.5. The Labute approximate surface area is 162 Å². The largest absolute Gasteiger partial charge is 0.475 e. The highest BCUT2D eigenvalue weighted by Crippen LogP contribution is 2.30. The van der Waals surface area contributed by atoms with Crippen LogP contribution in [-0.4, -0.2) is 58.7 Å². The monoisotopic (exact) mass is 396 g/mol. The molecule has 2 unspecified atom stereocenters. The van der Waals surface area contributed by atoms with E-state index < -0.39 is 42.2 Å². The number of ether oxygens (including phenoxy) is 1. The third kappa shape index (κ3) is 5.52. The Morgan fingerprint density at radius 1 is 1.39 bits per heavy atom. The van der Waals surface area contributed by atoms with Crippen LogP contribution >= 0.6 is 0 Å². The summed E-state index contributed by atoms with van der Waals surface area (Å²) in [5.41, 5.74) is -0.297. The predicted octanol–water partition coefficient (Wildman–Crippen LogP) is 1.34. The van der Waals surface area contributed by atoms with Gasteiger partial charge in [0.2, 0.25) is 0 Å². The number of rotatable bonds is 7.